The number of aromatic hydroxyl groups is 1. The number of pyridine rings is 1. The molecule has 2 rings (SSSR count). The summed E-state index contributed by atoms with van der Waals surface area (Å²) in [6, 6.07) is 10.9. The summed E-state index contributed by atoms with van der Waals surface area (Å²) in [5.41, 5.74) is 1.20. The number of rotatable bonds is 4. The fourth-order valence-electron chi connectivity index (χ4n) is 1.77. The molecule has 0 aliphatic carbocycles. The Hall–Kier alpha value is -2.56. The van der Waals surface area contributed by atoms with Crippen molar-refractivity contribution in [2.24, 2.45) is 0 Å². The lowest BCUT2D eigenvalue weighted by molar-refractivity contribution is 0.0515. The predicted octanol–water partition coefficient (Wildman–Crippen LogP) is 2.64. The van der Waals surface area contributed by atoms with Crippen molar-refractivity contribution in [3.05, 3.63) is 42.1 Å². The zero-order chi connectivity index (χ0) is 14.5. The number of benzene rings is 1. The Kier molecular flexibility index (Phi) is 4.20. The van der Waals surface area contributed by atoms with Gasteiger partial charge in [-0.2, -0.15) is 0 Å². The van der Waals surface area contributed by atoms with Crippen molar-refractivity contribution in [2.45, 2.75) is 6.92 Å². The summed E-state index contributed by atoms with van der Waals surface area (Å²) in [6.45, 7) is 1.89. The van der Waals surface area contributed by atoms with E-state index >= 15 is 0 Å². The standard InChI is InChI=1S/C15H15NO4/c1-3-20-15(18)13-14(17)12(19-2)9-11(16-13)10-7-5-4-6-8-10/h4-9,17H,3H2,1-2H3. The van der Waals surface area contributed by atoms with Crippen molar-refractivity contribution in [1.29, 1.82) is 0 Å². The van der Waals surface area contributed by atoms with Crippen LogP contribution in [-0.2, 0) is 4.74 Å². The van der Waals surface area contributed by atoms with E-state index in [4.69, 9.17) is 9.47 Å². The molecule has 0 amide bonds. The lowest BCUT2D eigenvalue weighted by atomic mass is 10.1. The molecule has 0 fully saturated rings. The number of carbonyl (C=O) groups excluding carboxylic acids is 1. The maximum Gasteiger partial charge on any atom is 0.360 e. The van der Waals surface area contributed by atoms with Crippen LogP contribution in [0.5, 0.6) is 11.5 Å². The molecule has 1 aromatic heterocycles. The third-order valence-corrected chi connectivity index (χ3v) is 2.72. The molecule has 0 aliphatic heterocycles. The Morgan fingerprint density at radius 2 is 2.00 bits per heavy atom. The number of carbonyl (C=O) groups is 1. The maximum atomic E-state index is 11.8. The largest absolute Gasteiger partial charge is 0.503 e. The molecule has 0 bridgehead atoms. The van der Waals surface area contributed by atoms with Crippen molar-refractivity contribution < 1.29 is 19.4 Å². The Balaban J connectivity index is 2.55. The molecule has 0 saturated heterocycles. The van der Waals surface area contributed by atoms with E-state index in [9.17, 15) is 9.90 Å². The SMILES string of the molecule is CCOC(=O)c1nc(-c2ccccc2)cc(OC)c1O. The molecule has 1 heterocycles. The third-order valence-electron chi connectivity index (χ3n) is 2.72. The summed E-state index contributed by atoms with van der Waals surface area (Å²) in [5.74, 6) is -0.811. The minimum atomic E-state index is -0.680. The van der Waals surface area contributed by atoms with Crippen LogP contribution in [0.15, 0.2) is 36.4 Å². The minimum absolute atomic E-state index is 0.148. The molecule has 1 N–H and O–H groups in total. The number of methoxy groups -OCH3 is 1. The van der Waals surface area contributed by atoms with Crippen LogP contribution in [0.1, 0.15) is 17.4 Å². The number of nitrogens with zero attached hydrogens (tertiary/aromatic N) is 1. The fourth-order valence-corrected chi connectivity index (χ4v) is 1.77. The first-order chi connectivity index (χ1) is 9.67. The highest BCUT2D eigenvalue weighted by atomic mass is 16.5. The average Bonchev–Trinajstić information content (AvgIpc) is 2.48. The highest BCUT2D eigenvalue weighted by Gasteiger charge is 2.20. The first-order valence-electron chi connectivity index (χ1n) is 6.18. The van der Waals surface area contributed by atoms with Crippen molar-refractivity contribution in [2.75, 3.05) is 13.7 Å². The van der Waals surface area contributed by atoms with Gasteiger partial charge in [0.2, 0.25) is 0 Å². The lowest BCUT2D eigenvalue weighted by Crippen LogP contribution is -2.08. The quantitative estimate of drug-likeness (QED) is 0.867. The molecular weight excluding hydrogens is 258 g/mol. The smallest absolute Gasteiger partial charge is 0.360 e. The van der Waals surface area contributed by atoms with Gasteiger partial charge in [-0.25, -0.2) is 9.78 Å². The van der Waals surface area contributed by atoms with E-state index in [0.717, 1.165) is 5.56 Å². The molecule has 0 saturated carbocycles. The van der Waals surface area contributed by atoms with Gasteiger partial charge in [-0.1, -0.05) is 30.3 Å². The van der Waals surface area contributed by atoms with Crippen LogP contribution in [0.3, 0.4) is 0 Å². The van der Waals surface area contributed by atoms with E-state index in [2.05, 4.69) is 4.98 Å². The zero-order valence-corrected chi connectivity index (χ0v) is 11.3. The van der Waals surface area contributed by atoms with Crippen LogP contribution in [0.2, 0.25) is 0 Å². The Bertz CT molecular complexity index is 611. The first kappa shape index (κ1) is 13.9. The highest BCUT2D eigenvalue weighted by Crippen LogP contribution is 2.33. The highest BCUT2D eigenvalue weighted by molar-refractivity contribution is 5.92. The number of esters is 1. The fraction of sp³-hybridized carbons (Fsp3) is 0.200. The second kappa shape index (κ2) is 6.06. The van der Waals surface area contributed by atoms with Crippen LogP contribution in [0, 0.1) is 0 Å². The van der Waals surface area contributed by atoms with Crippen LogP contribution in [-0.4, -0.2) is 29.8 Å². The minimum Gasteiger partial charge on any atom is -0.503 e. The van der Waals surface area contributed by atoms with E-state index in [1.165, 1.54) is 7.11 Å². The van der Waals surface area contributed by atoms with Crippen molar-refractivity contribution in [1.82, 2.24) is 4.98 Å². The summed E-state index contributed by atoms with van der Waals surface area (Å²) < 4.78 is 9.96. The Labute approximate surface area is 116 Å². The van der Waals surface area contributed by atoms with Crippen molar-refractivity contribution in [3.8, 4) is 22.8 Å². The van der Waals surface area contributed by atoms with Gasteiger partial charge in [0.25, 0.3) is 0 Å². The molecule has 1 aromatic carbocycles. The summed E-state index contributed by atoms with van der Waals surface area (Å²) in [5, 5.41) is 9.97. The predicted molar refractivity (Wildman–Crippen MR) is 73.8 cm³/mol. The third kappa shape index (κ3) is 2.71. The molecule has 0 radical (unpaired) electrons. The molecule has 5 heteroatoms. The lowest BCUT2D eigenvalue weighted by Gasteiger charge is -2.10. The molecule has 20 heavy (non-hydrogen) atoms. The van der Waals surface area contributed by atoms with E-state index < -0.39 is 5.97 Å². The van der Waals surface area contributed by atoms with Gasteiger partial charge < -0.3 is 14.6 Å². The summed E-state index contributed by atoms with van der Waals surface area (Å²) in [6.07, 6.45) is 0. The maximum absolute atomic E-state index is 11.8. The van der Waals surface area contributed by atoms with Crippen LogP contribution in [0.25, 0.3) is 11.3 Å². The molecule has 0 spiro atoms. The summed E-state index contributed by atoms with van der Waals surface area (Å²) in [7, 11) is 1.42. The van der Waals surface area contributed by atoms with E-state index in [1.54, 1.807) is 13.0 Å². The van der Waals surface area contributed by atoms with Gasteiger partial charge >= 0.3 is 5.97 Å². The number of aromatic nitrogens is 1. The summed E-state index contributed by atoms with van der Waals surface area (Å²) >= 11 is 0. The monoisotopic (exact) mass is 273 g/mol. The molecule has 0 atom stereocenters. The number of hydrogen-bond donors (Lipinski definition) is 1. The molecule has 2 aromatic rings. The van der Waals surface area contributed by atoms with Crippen LogP contribution in [0.4, 0.5) is 0 Å². The van der Waals surface area contributed by atoms with E-state index in [0.29, 0.717) is 5.69 Å². The van der Waals surface area contributed by atoms with Crippen LogP contribution >= 0.6 is 0 Å². The Morgan fingerprint density at radius 3 is 2.60 bits per heavy atom. The van der Waals surface area contributed by atoms with Gasteiger partial charge in [0.1, 0.15) is 0 Å². The van der Waals surface area contributed by atoms with Gasteiger partial charge in [0.15, 0.2) is 17.2 Å². The van der Waals surface area contributed by atoms with E-state index in [-0.39, 0.29) is 23.8 Å². The van der Waals surface area contributed by atoms with Crippen molar-refractivity contribution in [3.63, 3.8) is 0 Å². The second-order valence-electron chi connectivity index (χ2n) is 3.99. The first-order valence-corrected chi connectivity index (χ1v) is 6.18. The number of hydrogen-bond acceptors (Lipinski definition) is 5. The van der Waals surface area contributed by atoms with Gasteiger partial charge in [0.05, 0.1) is 19.4 Å². The summed E-state index contributed by atoms with van der Waals surface area (Å²) in [4.78, 5) is 16.0. The van der Waals surface area contributed by atoms with Gasteiger partial charge in [-0.05, 0) is 6.92 Å². The van der Waals surface area contributed by atoms with Gasteiger partial charge in [-0.15, -0.1) is 0 Å². The van der Waals surface area contributed by atoms with E-state index in [1.807, 2.05) is 30.3 Å². The number of ether oxygens (including phenoxy) is 2. The Morgan fingerprint density at radius 1 is 1.30 bits per heavy atom. The zero-order valence-electron chi connectivity index (χ0n) is 11.3. The molecule has 0 aliphatic rings. The van der Waals surface area contributed by atoms with Gasteiger partial charge in [-0.3, -0.25) is 0 Å². The molecule has 104 valence electrons. The van der Waals surface area contributed by atoms with Gasteiger partial charge in [0, 0.05) is 11.6 Å². The van der Waals surface area contributed by atoms with Crippen molar-refractivity contribution >= 4 is 5.97 Å². The normalized spacial score (nSPS) is 10.1. The molecule has 0 unspecified atom stereocenters. The average molecular weight is 273 g/mol. The molecule has 5 nitrogen and oxygen atoms in total. The topological polar surface area (TPSA) is 68.7 Å². The second-order valence-corrected chi connectivity index (χ2v) is 3.99. The molecular formula is C15H15NO4. The van der Waals surface area contributed by atoms with Crippen LogP contribution < -0.4 is 4.74 Å².